The SMILES string of the molecule is CCCCC(CC)CC(NC)c1ccc(Br)cc1Cl. The summed E-state index contributed by atoms with van der Waals surface area (Å²) in [5.41, 5.74) is 1.21. The van der Waals surface area contributed by atoms with Crippen molar-refractivity contribution in [3.63, 3.8) is 0 Å². The van der Waals surface area contributed by atoms with Gasteiger partial charge in [0.25, 0.3) is 0 Å². The molecule has 0 saturated carbocycles. The van der Waals surface area contributed by atoms with Gasteiger partial charge in [-0.25, -0.2) is 0 Å². The topological polar surface area (TPSA) is 12.0 Å². The van der Waals surface area contributed by atoms with Gasteiger partial charge in [0.2, 0.25) is 0 Å². The van der Waals surface area contributed by atoms with Crippen molar-refractivity contribution in [1.82, 2.24) is 5.32 Å². The number of halogens is 2. The number of hydrogen-bond donors (Lipinski definition) is 1. The molecule has 19 heavy (non-hydrogen) atoms. The van der Waals surface area contributed by atoms with E-state index in [1.54, 1.807) is 0 Å². The minimum atomic E-state index is 0.349. The van der Waals surface area contributed by atoms with Gasteiger partial charge >= 0.3 is 0 Å². The van der Waals surface area contributed by atoms with Crippen molar-refractivity contribution in [1.29, 1.82) is 0 Å². The summed E-state index contributed by atoms with van der Waals surface area (Å²) in [5, 5.41) is 4.27. The van der Waals surface area contributed by atoms with Gasteiger partial charge in [0.1, 0.15) is 0 Å². The summed E-state index contributed by atoms with van der Waals surface area (Å²) in [4.78, 5) is 0. The van der Waals surface area contributed by atoms with E-state index in [1.807, 2.05) is 13.1 Å². The van der Waals surface area contributed by atoms with Crippen LogP contribution in [0.4, 0.5) is 0 Å². The first kappa shape index (κ1) is 17.0. The fraction of sp³-hybridized carbons (Fsp3) is 0.625. The molecule has 0 bridgehead atoms. The zero-order valence-corrected chi connectivity index (χ0v) is 14.5. The van der Waals surface area contributed by atoms with E-state index in [4.69, 9.17) is 11.6 Å². The first-order valence-corrected chi connectivity index (χ1v) is 8.41. The number of hydrogen-bond acceptors (Lipinski definition) is 1. The van der Waals surface area contributed by atoms with E-state index < -0.39 is 0 Å². The lowest BCUT2D eigenvalue weighted by atomic mass is 9.89. The molecule has 1 aromatic carbocycles. The molecule has 0 aromatic heterocycles. The summed E-state index contributed by atoms with van der Waals surface area (Å²) in [7, 11) is 2.02. The van der Waals surface area contributed by atoms with Gasteiger partial charge in [0.05, 0.1) is 0 Å². The minimum absolute atomic E-state index is 0.349. The van der Waals surface area contributed by atoms with E-state index in [-0.39, 0.29) is 0 Å². The third-order valence-corrected chi connectivity index (χ3v) is 4.62. The second-order valence-corrected chi connectivity index (χ2v) is 6.48. The average Bonchev–Trinajstić information content (AvgIpc) is 2.40. The molecule has 1 nitrogen and oxygen atoms in total. The molecule has 2 unspecified atom stereocenters. The van der Waals surface area contributed by atoms with Crippen LogP contribution >= 0.6 is 27.5 Å². The van der Waals surface area contributed by atoms with Crippen LogP contribution in [-0.2, 0) is 0 Å². The van der Waals surface area contributed by atoms with E-state index in [2.05, 4.69) is 47.2 Å². The molecule has 0 aliphatic carbocycles. The van der Waals surface area contributed by atoms with Crippen molar-refractivity contribution in [3.8, 4) is 0 Å². The van der Waals surface area contributed by atoms with Crippen LogP contribution in [0.15, 0.2) is 22.7 Å². The Bertz CT molecular complexity index is 381. The largest absolute Gasteiger partial charge is 0.313 e. The summed E-state index contributed by atoms with van der Waals surface area (Å²) in [5.74, 6) is 0.775. The van der Waals surface area contributed by atoms with Crippen molar-refractivity contribution >= 4 is 27.5 Å². The fourth-order valence-corrected chi connectivity index (χ4v) is 3.30. The number of unbranched alkanes of at least 4 members (excludes halogenated alkanes) is 1. The smallest absolute Gasteiger partial charge is 0.0465 e. The number of nitrogens with one attached hydrogen (secondary N) is 1. The Balaban J connectivity index is 2.76. The molecule has 108 valence electrons. The van der Waals surface area contributed by atoms with Crippen LogP contribution in [0.1, 0.15) is 57.6 Å². The molecular weight excluding hydrogens is 322 g/mol. The Morgan fingerprint density at radius 3 is 2.58 bits per heavy atom. The number of rotatable bonds is 8. The van der Waals surface area contributed by atoms with Crippen molar-refractivity contribution in [2.24, 2.45) is 5.92 Å². The van der Waals surface area contributed by atoms with Crippen LogP contribution in [0.25, 0.3) is 0 Å². The number of benzene rings is 1. The first-order chi connectivity index (χ1) is 9.12. The highest BCUT2D eigenvalue weighted by Crippen LogP contribution is 2.32. The highest BCUT2D eigenvalue weighted by molar-refractivity contribution is 9.10. The van der Waals surface area contributed by atoms with Crippen LogP contribution in [0.5, 0.6) is 0 Å². The van der Waals surface area contributed by atoms with Gasteiger partial charge in [0, 0.05) is 15.5 Å². The third kappa shape index (κ3) is 5.45. The van der Waals surface area contributed by atoms with Gasteiger partial charge in [-0.1, -0.05) is 73.1 Å². The highest BCUT2D eigenvalue weighted by Gasteiger charge is 2.17. The molecule has 0 spiro atoms. The summed E-state index contributed by atoms with van der Waals surface area (Å²) in [6, 6.07) is 6.52. The lowest BCUT2D eigenvalue weighted by molar-refractivity contribution is 0.365. The van der Waals surface area contributed by atoms with Gasteiger partial charge in [-0.2, -0.15) is 0 Å². The summed E-state index contributed by atoms with van der Waals surface area (Å²) >= 11 is 9.83. The Hall–Kier alpha value is -0.0500. The molecule has 0 heterocycles. The predicted molar refractivity (Wildman–Crippen MR) is 88.9 cm³/mol. The van der Waals surface area contributed by atoms with E-state index in [1.165, 1.54) is 31.2 Å². The van der Waals surface area contributed by atoms with Crippen LogP contribution < -0.4 is 5.32 Å². The average molecular weight is 347 g/mol. The molecule has 0 aliphatic heterocycles. The van der Waals surface area contributed by atoms with Crippen molar-refractivity contribution < 1.29 is 0 Å². The molecule has 0 aliphatic rings. The lowest BCUT2D eigenvalue weighted by Gasteiger charge is -2.23. The standard InChI is InChI=1S/C16H25BrClN/c1-4-6-7-12(5-2)10-16(19-3)14-9-8-13(17)11-15(14)18/h8-9,11-12,16,19H,4-7,10H2,1-3H3. The van der Waals surface area contributed by atoms with Crippen LogP contribution in [-0.4, -0.2) is 7.05 Å². The minimum Gasteiger partial charge on any atom is -0.313 e. The van der Waals surface area contributed by atoms with Crippen LogP contribution in [0.2, 0.25) is 5.02 Å². The van der Waals surface area contributed by atoms with Gasteiger partial charge in [-0.15, -0.1) is 0 Å². The maximum absolute atomic E-state index is 6.36. The molecule has 2 atom stereocenters. The lowest BCUT2D eigenvalue weighted by Crippen LogP contribution is -2.20. The van der Waals surface area contributed by atoms with Crippen LogP contribution in [0, 0.1) is 5.92 Å². The first-order valence-electron chi connectivity index (χ1n) is 7.24. The van der Waals surface area contributed by atoms with Crippen molar-refractivity contribution in [2.45, 2.75) is 52.0 Å². The Kier molecular flexibility index (Phi) is 8.05. The van der Waals surface area contributed by atoms with Gasteiger partial charge in [0.15, 0.2) is 0 Å². The zero-order valence-electron chi connectivity index (χ0n) is 12.2. The quantitative estimate of drug-likeness (QED) is 0.611. The maximum atomic E-state index is 6.36. The van der Waals surface area contributed by atoms with E-state index in [0.29, 0.717) is 6.04 Å². The van der Waals surface area contributed by atoms with Gasteiger partial charge < -0.3 is 5.32 Å². The predicted octanol–water partition coefficient (Wildman–Crippen LogP) is 5.97. The van der Waals surface area contributed by atoms with E-state index in [0.717, 1.165) is 21.8 Å². The monoisotopic (exact) mass is 345 g/mol. The summed E-state index contributed by atoms with van der Waals surface area (Å²) in [6.07, 6.45) is 6.32. The normalized spacial score (nSPS) is 14.4. The molecule has 1 aromatic rings. The molecular formula is C16H25BrClN. The Morgan fingerprint density at radius 1 is 1.32 bits per heavy atom. The molecule has 0 saturated heterocycles. The summed E-state index contributed by atoms with van der Waals surface area (Å²) in [6.45, 7) is 4.55. The van der Waals surface area contributed by atoms with E-state index >= 15 is 0 Å². The van der Waals surface area contributed by atoms with Crippen molar-refractivity contribution in [3.05, 3.63) is 33.3 Å². The highest BCUT2D eigenvalue weighted by atomic mass is 79.9. The zero-order chi connectivity index (χ0) is 14.3. The summed E-state index contributed by atoms with van der Waals surface area (Å²) < 4.78 is 1.04. The van der Waals surface area contributed by atoms with Crippen LogP contribution in [0.3, 0.4) is 0 Å². The molecule has 3 heteroatoms. The van der Waals surface area contributed by atoms with Gasteiger partial charge in [-0.05, 0) is 37.1 Å². The fourth-order valence-electron chi connectivity index (χ4n) is 2.50. The van der Waals surface area contributed by atoms with E-state index in [9.17, 15) is 0 Å². The molecule has 0 amide bonds. The van der Waals surface area contributed by atoms with Crippen molar-refractivity contribution in [2.75, 3.05) is 7.05 Å². The second-order valence-electron chi connectivity index (χ2n) is 5.16. The molecule has 1 rings (SSSR count). The molecule has 0 radical (unpaired) electrons. The van der Waals surface area contributed by atoms with Gasteiger partial charge in [-0.3, -0.25) is 0 Å². The Morgan fingerprint density at radius 2 is 2.05 bits per heavy atom. The maximum Gasteiger partial charge on any atom is 0.0465 e. The third-order valence-electron chi connectivity index (χ3n) is 3.80. The second kappa shape index (κ2) is 8.99. The Labute approximate surface area is 131 Å². The molecule has 1 N–H and O–H groups in total. The molecule has 0 fully saturated rings.